The second kappa shape index (κ2) is 4.43. The highest BCUT2D eigenvalue weighted by Crippen LogP contribution is 2.17. The Morgan fingerprint density at radius 3 is 2.79 bits per heavy atom. The minimum Gasteiger partial charge on any atom is -0.359 e. The van der Waals surface area contributed by atoms with Crippen molar-refractivity contribution in [3.8, 4) is 6.07 Å². The minimum atomic E-state index is 0.646. The van der Waals surface area contributed by atoms with E-state index in [0.29, 0.717) is 5.56 Å². The number of aryl methyl sites for hydroxylation is 1. The largest absolute Gasteiger partial charge is 0.359 e. The first-order chi connectivity index (χ1) is 6.83. The van der Waals surface area contributed by atoms with Crippen LogP contribution in [-0.4, -0.2) is 9.97 Å². The maximum absolute atomic E-state index is 8.75. The molecule has 0 atom stereocenters. The fourth-order valence-corrected chi connectivity index (χ4v) is 1.25. The molecule has 0 saturated carbocycles. The molecule has 72 valence electrons. The molecule has 2 aromatic heterocycles. The average molecular weight is 187 g/mol. The van der Waals surface area contributed by atoms with E-state index < -0.39 is 0 Å². The molecule has 0 unspecified atom stereocenters. The molecule has 2 aromatic rings. The molecule has 3 heteroatoms. The lowest BCUT2D eigenvalue weighted by Crippen LogP contribution is -1.80. The van der Waals surface area contributed by atoms with E-state index in [2.05, 4.69) is 16.0 Å². The quantitative estimate of drug-likeness (QED) is 0.689. The predicted molar refractivity (Wildman–Crippen MR) is 56.9 cm³/mol. The predicted octanol–water partition coefficient (Wildman–Crippen LogP) is 2.77. The number of nitrogens with one attached hydrogen (secondary N) is 1. The summed E-state index contributed by atoms with van der Waals surface area (Å²) in [5.74, 6) is 0. The van der Waals surface area contributed by atoms with Gasteiger partial charge >= 0.3 is 0 Å². The van der Waals surface area contributed by atoms with Crippen LogP contribution in [0, 0.1) is 18.3 Å². The second-order valence-electron chi connectivity index (χ2n) is 2.67. The van der Waals surface area contributed by atoms with Crippen LogP contribution in [0.2, 0.25) is 0 Å². The van der Waals surface area contributed by atoms with Crippen LogP contribution in [0.5, 0.6) is 0 Å². The van der Waals surface area contributed by atoms with Crippen LogP contribution < -0.4 is 0 Å². The molecule has 0 radical (unpaired) electrons. The highest BCUT2D eigenvalue weighted by molar-refractivity contribution is 5.83. The van der Waals surface area contributed by atoms with Gasteiger partial charge in [-0.05, 0) is 18.6 Å². The van der Waals surface area contributed by atoms with Crippen molar-refractivity contribution < 1.29 is 0 Å². The van der Waals surface area contributed by atoms with Crippen LogP contribution in [0.1, 0.15) is 25.0 Å². The van der Waals surface area contributed by atoms with Gasteiger partial charge < -0.3 is 4.98 Å². The number of hydrogen-bond donors (Lipinski definition) is 1. The third-order valence-electron chi connectivity index (χ3n) is 1.88. The van der Waals surface area contributed by atoms with Gasteiger partial charge in [-0.15, -0.1) is 0 Å². The van der Waals surface area contributed by atoms with Gasteiger partial charge in [0, 0.05) is 12.4 Å². The highest BCUT2D eigenvalue weighted by atomic mass is 14.8. The van der Waals surface area contributed by atoms with Crippen molar-refractivity contribution in [1.82, 2.24) is 9.97 Å². The van der Waals surface area contributed by atoms with Crippen LogP contribution in [0.3, 0.4) is 0 Å². The van der Waals surface area contributed by atoms with E-state index in [1.54, 1.807) is 12.3 Å². The Balaban J connectivity index is 0.000000461. The number of rotatable bonds is 0. The minimum absolute atomic E-state index is 0.646. The number of nitriles is 1. The van der Waals surface area contributed by atoms with E-state index in [0.717, 1.165) is 16.6 Å². The van der Waals surface area contributed by atoms with Gasteiger partial charge in [-0.25, -0.2) is 0 Å². The standard InChI is InChI=1S/C9H7N3.C2H6/c1-6-5-12-9-7(4-10)2-3-11-8(6)9;1-2/h2-3,5,12H,1H3;1-2H3. The number of hydrogen-bond acceptors (Lipinski definition) is 2. The van der Waals surface area contributed by atoms with Crippen LogP contribution >= 0.6 is 0 Å². The maximum atomic E-state index is 8.75. The van der Waals surface area contributed by atoms with Gasteiger partial charge in [0.15, 0.2) is 0 Å². The van der Waals surface area contributed by atoms with Crippen LogP contribution in [0.4, 0.5) is 0 Å². The van der Waals surface area contributed by atoms with E-state index in [9.17, 15) is 0 Å². The second-order valence-corrected chi connectivity index (χ2v) is 2.67. The number of H-pyrrole nitrogens is 1. The van der Waals surface area contributed by atoms with Crippen molar-refractivity contribution in [3.63, 3.8) is 0 Å². The third-order valence-corrected chi connectivity index (χ3v) is 1.88. The van der Waals surface area contributed by atoms with Gasteiger partial charge in [-0.1, -0.05) is 13.8 Å². The van der Waals surface area contributed by atoms with Crippen molar-refractivity contribution in [1.29, 1.82) is 5.26 Å². The molecular weight excluding hydrogens is 174 g/mol. The number of fused-ring (bicyclic) bond motifs is 1. The Labute approximate surface area is 83.4 Å². The van der Waals surface area contributed by atoms with Crippen LogP contribution in [0.25, 0.3) is 11.0 Å². The fourth-order valence-electron chi connectivity index (χ4n) is 1.25. The zero-order valence-electron chi connectivity index (χ0n) is 8.63. The van der Waals surface area contributed by atoms with E-state index in [1.807, 2.05) is 27.0 Å². The molecule has 0 bridgehead atoms. The first kappa shape index (κ1) is 10.3. The van der Waals surface area contributed by atoms with Crippen LogP contribution in [-0.2, 0) is 0 Å². The topological polar surface area (TPSA) is 52.5 Å². The van der Waals surface area contributed by atoms with E-state index >= 15 is 0 Å². The molecule has 0 aliphatic carbocycles. The average Bonchev–Trinajstić information content (AvgIpc) is 2.64. The first-order valence-electron chi connectivity index (χ1n) is 4.65. The molecule has 0 amide bonds. The summed E-state index contributed by atoms with van der Waals surface area (Å²) in [4.78, 5) is 7.19. The van der Waals surface area contributed by atoms with Crippen LogP contribution in [0.15, 0.2) is 18.5 Å². The smallest absolute Gasteiger partial charge is 0.101 e. The zero-order valence-corrected chi connectivity index (χ0v) is 8.63. The van der Waals surface area contributed by atoms with E-state index in [4.69, 9.17) is 5.26 Å². The number of nitrogens with zero attached hydrogens (tertiary/aromatic N) is 2. The highest BCUT2D eigenvalue weighted by Gasteiger charge is 2.03. The monoisotopic (exact) mass is 187 g/mol. The molecular formula is C11H13N3. The lowest BCUT2D eigenvalue weighted by Gasteiger charge is -1.91. The molecule has 0 aromatic carbocycles. The SMILES string of the molecule is CC.Cc1c[nH]c2c(C#N)ccnc12. The van der Waals surface area contributed by atoms with Gasteiger partial charge in [-0.3, -0.25) is 4.98 Å². The summed E-state index contributed by atoms with van der Waals surface area (Å²) in [6.07, 6.45) is 3.51. The molecule has 0 aliphatic rings. The first-order valence-corrected chi connectivity index (χ1v) is 4.65. The zero-order chi connectivity index (χ0) is 10.6. The van der Waals surface area contributed by atoms with Gasteiger partial charge in [0.25, 0.3) is 0 Å². The Kier molecular flexibility index (Phi) is 3.24. The summed E-state index contributed by atoms with van der Waals surface area (Å²) in [5, 5.41) is 8.75. The Morgan fingerprint density at radius 1 is 1.43 bits per heavy atom. The fraction of sp³-hybridized carbons (Fsp3) is 0.273. The van der Waals surface area contributed by atoms with Gasteiger partial charge in [0.2, 0.25) is 0 Å². The number of pyridine rings is 1. The number of aromatic amines is 1. The van der Waals surface area contributed by atoms with Gasteiger partial charge in [-0.2, -0.15) is 5.26 Å². The lowest BCUT2D eigenvalue weighted by molar-refractivity contribution is 1.37. The molecule has 2 heterocycles. The molecule has 1 N–H and O–H groups in total. The van der Waals surface area contributed by atoms with Crippen molar-refractivity contribution in [3.05, 3.63) is 29.6 Å². The van der Waals surface area contributed by atoms with Gasteiger partial charge in [0.05, 0.1) is 16.6 Å². The summed E-state index contributed by atoms with van der Waals surface area (Å²) >= 11 is 0. The summed E-state index contributed by atoms with van der Waals surface area (Å²) < 4.78 is 0. The molecule has 0 saturated heterocycles. The van der Waals surface area contributed by atoms with Crippen molar-refractivity contribution in [2.45, 2.75) is 20.8 Å². The molecule has 14 heavy (non-hydrogen) atoms. The van der Waals surface area contributed by atoms with E-state index in [-0.39, 0.29) is 0 Å². The normalized spacial score (nSPS) is 9.00. The lowest BCUT2D eigenvalue weighted by atomic mass is 10.2. The molecule has 0 aliphatic heterocycles. The van der Waals surface area contributed by atoms with Crippen molar-refractivity contribution in [2.75, 3.05) is 0 Å². The summed E-state index contributed by atoms with van der Waals surface area (Å²) in [6, 6.07) is 3.82. The molecule has 2 rings (SSSR count). The Hall–Kier alpha value is -1.82. The van der Waals surface area contributed by atoms with E-state index in [1.165, 1.54) is 0 Å². The Morgan fingerprint density at radius 2 is 2.14 bits per heavy atom. The molecule has 0 fully saturated rings. The van der Waals surface area contributed by atoms with Crippen molar-refractivity contribution >= 4 is 11.0 Å². The summed E-state index contributed by atoms with van der Waals surface area (Å²) in [7, 11) is 0. The summed E-state index contributed by atoms with van der Waals surface area (Å²) in [6.45, 7) is 5.97. The Bertz CT molecular complexity index is 463. The summed E-state index contributed by atoms with van der Waals surface area (Å²) in [5.41, 5.74) is 3.43. The maximum Gasteiger partial charge on any atom is 0.101 e. The van der Waals surface area contributed by atoms with Gasteiger partial charge in [0.1, 0.15) is 6.07 Å². The third kappa shape index (κ3) is 1.60. The number of aromatic nitrogens is 2. The molecule has 0 spiro atoms. The molecule has 3 nitrogen and oxygen atoms in total. The van der Waals surface area contributed by atoms with Crippen molar-refractivity contribution in [2.24, 2.45) is 0 Å².